The fourth-order valence-corrected chi connectivity index (χ4v) is 0.768. The summed E-state index contributed by atoms with van der Waals surface area (Å²) in [4.78, 5) is 43.2. The predicted octanol–water partition coefficient (Wildman–Crippen LogP) is -0.962. The summed E-state index contributed by atoms with van der Waals surface area (Å²) in [5, 5.41) is 10.9. The maximum atomic E-state index is 11.2. The number of hydrogen-bond donors (Lipinski definition) is 2. The van der Waals surface area contributed by atoms with Crippen molar-refractivity contribution in [2.24, 2.45) is 0 Å². The number of ether oxygens (including phenoxy) is 2. The molecule has 0 rings (SSSR count). The number of esters is 2. The molecule has 0 aromatic carbocycles. The van der Waals surface area contributed by atoms with Crippen molar-refractivity contribution >= 4 is 24.4 Å². The Morgan fingerprint density at radius 1 is 1.44 bits per heavy atom. The van der Waals surface area contributed by atoms with Crippen LogP contribution in [0.5, 0.6) is 0 Å². The fraction of sp³-hybridized carbons (Fsp3) is 0.556. The molecule has 0 aromatic heterocycles. The molecule has 0 aromatic rings. The molecule has 0 saturated carbocycles. The largest absolute Gasteiger partial charge is 0.465 e. The molecular weight excluding hydrogens is 248 g/mol. The van der Waals surface area contributed by atoms with Crippen LogP contribution in [0.25, 0.3) is 0 Å². The van der Waals surface area contributed by atoms with E-state index in [-0.39, 0.29) is 18.1 Å². The number of rotatable bonds is 6. The number of hydrogen-bond acceptors (Lipinski definition) is 7. The van der Waals surface area contributed by atoms with Crippen molar-refractivity contribution in [2.45, 2.75) is 19.9 Å². The first kappa shape index (κ1) is 15.8. The van der Waals surface area contributed by atoms with Crippen LogP contribution in [0.15, 0.2) is 0 Å². The van der Waals surface area contributed by atoms with E-state index in [1.165, 1.54) is 0 Å². The average molecular weight is 262 g/mol. The van der Waals surface area contributed by atoms with Crippen LogP contribution in [0.2, 0.25) is 0 Å². The number of alkyl carbamates (subject to hydrolysis) is 1. The maximum absolute atomic E-state index is 11.2. The highest BCUT2D eigenvalue weighted by Gasteiger charge is 2.23. The third-order valence-electron chi connectivity index (χ3n) is 1.72. The van der Waals surface area contributed by atoms with Crippen LogP contribution in [0.4, 0.5) is 4.79 Å². The Kier molecular flexibility index (Phi) is 7.05. The first-order chi connectivity index (χ1) is 8.42. The lowest BCUT2D eigenvalue weighted by Crippen LogP contribution is -2.40. The van der Waals surface area contributed by atoms with Gasteiger partial charge in [-0.05, 0) is 13.8 Å². The van der Waals surface area contributed by atoms with Crippen LogP contribution in [0.3, 0.4) is 0 Å². The summed E-state index contributed by atoms with van der Waals surface area (Å²) in [5.41, 5.74) is 0. The van der Waals surface area contributed by atoms with E-state index in [0.29, 0.717) is 0 Å². The van der Waals surface area contributed by atoms with E-state index in [2.05, 4.69) is 9.47 Å². The molecule has 0 bridgehead atoms. The molecule has 0 saturated heterocycles. The van der Waals surface area contributed by atoms with Crippen LogP contribution in [0.1, 0.15) is 13.8 Å². The van der Waals surface area contributed by atoms with Gasteiger partial charge in [0.25, 0.3) is 0 Å². The molecule has 0 aliphatic heterocycles. The molecular formula is C9H14N2O7. The second-order valence-corrected chi connectivity index (χ2v) is 3.03. The number of hydroxylamine groups is 2. The predicted molar refractivity (Wildman–Crippen MR) is 55.3 cm³/mol. The van der Waals surface area contributed by atoms with Crippen molar-refractivity contribution in [3.63, 3.8) is 0 Å². The monoisotopic (exact) mass is 262 g/mol. The molecule has 0 radical (unpaired) electrons. The molecule has 9 nitrogen and oxygen atoms in total. The van der Waals surface area contributed by atoms with Gasteiger partial charge in [0.2, 0.25) is 6.41 Å². The van der Waals surface area contributed by atoms with E-state index in [0.717, 1.165) is 6.92 Å². The molecule has 102 valence electrons. The first-order valence-corrected chi connectivity index (χ1v) is 5.00. The Morgan fingerprint density at radius 3 is 2.56 bits per heavy atom. The van der Waals surface area contributed by atoms with Crippen molar-refractivity contribution in [3.8, 4) is 0 Å². The lowest BCUT2D eigenvalue weighted by atomic mass is 10.3. The molecule has 2 N–H and O–H groups in total. The Labute approximate surface area is 103 Å². The normalized spacial score (nSPS) is 11.1. The summed E-state index contributed by atoms with van der Waals surface area (Å²) >= 11 is 0. The highest BCUT2D eigenvalue weighted by atomic mass is 16.6. The molecule has 0 unspecified atom stereocenters. The molecule has 0 aliphatic rings. The molecule has 2 amide bonds. The van der Waals surface area contributed by atoms with E-state index in [1.807, 2.05) is 5.32 Å². The third-order valence-corrected chi connectivity index (χ3v) is 1.72. The summed E-state index contributed by atoms with van der Waals surface area (Å²) in [6.07, 6.45) is -1.19. The van der Waals surface area contributed by atoms with E-state index in [1.54, 1.807) is 6.92 Å². The van der Waals surface area contributed by atoms with Gasteiger partial charge in [0.1, 0.15) is 6.54 Å². The first-order valence-electron chi connectivity index (χ1n) is 5.00. The minimum absolute atomic E-state index is 0.0115. The number of nitrogens with zero attached hydrogens (tertiary/aromatic N) is 1. The van der Waals surface area contributed by atoms with E-state index < -0.39 is 30.6 Å². The molecule has 9 heteroatoms. The fourth-order valence-electron chi connectivity index (χ4n) is 0.768. The summed E-state index contributed by atoms with van der Waals surface area (Å²) in [7, 11) is 0. The van der Waals surface area contributed by atoms with Crippen LogP contribution >= 0.6 is 0 Å². The van der Waals surface area contributed by atoms with Gasteiger partial charge in [-0.1, -0.05) is 0 Å². The smallest absolute Gasteiger partial charge is 0.415 e. The standard InChI is InChI=1S/C9H14N2O7/c1-3-17-7(13)4-10-9(15)18-8(14)6(2)11(16)5-12/h5-6,16H,3-4H2,1-2H3,(H,10,15)/t6-/m0/s1. The van der Waals surface area contributed by atoms with Crippen LogP contribution < -0.4 is 5.32 Å². The molecule has 0 spiro atoms. The van der Waals surface area contributed by atoms with Crippen LogP contribution in [0, 0.1) is 0 Å². The zero-order chi connectivity index (χ0) is 14.1. The summed E-state index contributed by atoms with van der Waals surface area (Å²) in [6.45, 7) is 2.45. The highest BCUT2D eigenvalue weighted by Crippen LogP contribution is 1.95. The van der Waals surface area contributed by atoms with Gasteiger partial charge >= 0.3 is 18.0 Å². The third kappa shape index (κ3) is 5.80. The van der Waals surface area contributed by atoms with Gasteiger partial charge in [0.05, 0.1) is 6.61 Å². The molecule has 1 atom stereocenters. The molecule has 0 fully saturated rings. The van der Waals surface area contributed by atoms with Gasteiger partial charge in [-0.2, -0.15) is 0 Å². The second-order valence-electron chi connectivity index (χ2n) is 3.03. The van der Waals surface area contributed by atoms with Crippen molar-refractivity contribution in [1.82, 2.24) is 10.4 Å². The Balaban J connectivity index is 4.05. The van der Waals surface area contributed by atoms with E-state index in [4.69, 9.17) is 5.21 Å². The van der Waals surface area contributed by atoms with Gasteiger partial charge in [-0.15, -0.1) is 0 Å². The van der Waals surface area contributed by atoms with Gasteiger partial charge in [0.15, 0.2) is 6.04 Å². The quantitative estimate of drug-likeness (QED) is 0.208. The Hall–Kier alpha value is -2.16. The lowest BCUT2D eigenvalue weighted by molar-refractivity contribution is -0.173. The number of amides is 2. The zero-order valence-corrected chi connectivity index (χ0v) is 9.91. The van der Waals surface area contributed by atoms with Crippen LogP contribution in [-0.2, 0) is 23.9 Å². The Morgan fingerprint density at radius 2 is 2.06 bits per heavy atom. The van der Waals surface area contributed by atoms with Crippen molar-refractivity contribution in [1.29, 1.82) is 0 Å². The number of carbonyl (C=O) groups is 4. The van der Waals surface area contributed by atoms with Gasteiger partial charge in [-0.3, -0.25) is 14.8 Å². The second kappa shape index (κ2) is 8.01. The number of nitrogens with one attached hydrogen (secondary N) is 1. The van der Waals surface area contributed by atoms with Crippen LogP contribution in [-0.4, -0.2) is 53.9 Å². The van der Waals surface area contributed by atoms with Crippen molar-refractivity contribution < 1.29 is 33.9 Å². The molecule has 0 heterocycles. The maximum Gasteiger partial charge on any atom is 0.415 e. The summed E-state index contributed by atoms with van der Waals surface area (Å²) in [6, 6.07) is -1.34. The topological polar surface area (TPSA) is 122 Å². The average Bonchev–Trinajstić information content (AvgIpc) is 2.34. The summed E-state index contributed by atoms with van der Waals surface area (Å²) < 4.78 is 8.72. The zero-order valence-electron chi connectivity index (χ0n) is 9.91. The lowest BCUT2D eigenvalue weighted by Gasteiger charge is -2.15. The number of carbonyl (C=O) groups excluding carboxylic acids is 4. The highest BCUT2D eigenvalue weighted by molar-refractivity contribution is 5.89. The van der Waals surface area contributed by atoms with Gasteiger partial charge in [0, 0.05) is 0 Å². The van der Waals surface area contributed by atoms with E-state index >= 15 is 0 Å². The molecule has 0 aliphatic carbocycles. The van der Waals surface area contributed by atoms with Crippen molar-refractivity contribution in [3.05, 3.63) is 0 Å². The molecule has 18 heavy (non-hydrogen) atoms. The Bertz CT molecular complexity index is 331. The SMILES string of the molecule is CCOC(=O)CNC(=O)OC(=O)[C@H](C)N(O)C=O. The van der Waals surface area contributed by atoms with E-state index in [9.17, 15) is 19.2 Å². The minimum Gasteiger partial charge on any atom is -0.465 e. The van der Waals surface area contributed by atoms with Crippen molar-refractivity contribution in [2.75, 3.05) is 13.2 Å². The van der Waals surface area contributed by atoms with Gasteiger partial charge in [-0.25, -0.2) is 14.7 Å². The minimum atomic E-state index is -1.34. The summed E-state index contributed by atoms with van der Waals surface area (Å²) in [5.74, 6) is -1.84. The van der Waals surface area contributed by atoms with Gasteiger partial charge < -0.3 is 14.8 Å².